The van der Waals surface area contributed by atoms with E-state index in [1.165, 1.54) is 12.1 Å². The summed E-state index contributed by atoms with van der Waals surface area (Å²) in [5.41, 5.74) is -0.403. The Labute approximate surface area is 126 Å². The van der Waals surface area contributed by atoms with Crippen molar-refractivity contribution in [3.63, 3.8) is 0 Å². The summed E-state index contributed by atoms with van der Waals surface area (Å²) in [4.78, 5) is 24.8. The molecule has 2 aromatic rings. The number of benzene rings is 2. The molecule has 8 heteroatoms. The van der Waals surface area contributed by atoms with Gasteiger partial charge in [-0.3, -0.25) is 9.59 Å². The second-order valence-electron chi connectivity index (χ2n) is 4.49. The highest BCUT2D eigenvalue weighted by molar-refractivity contribution is 7.74. The van der Waals surface area contributed by atoms with E-state index < -0.39 is 40.2 Å². The minimum Gasteiger partial charge on any atom is -0.740 e. The van der Waals surface area contributed by atoms with E-state index in [0.717, 1.165) is 6.07 Å². The van der Waals surface area contributed by atoms with Gasteiger partial charge in [-0.15, -0.1) is 0 Å². The molecule has 0 saturated heterocycles. The molecule has 0 saturated carbocycles. The topological polar surface area (TPSA) is 124 Å². The minimum atomic E-state index is -3.02. The summed E-state index contributed by atoms with van der Waals surface area (Å²) in [6.45, 7) is 0. The summed E-state index contributed by atoms with van der Waals surface area (Å²) in [7, 11) is 0. The number of phenolic OH excluding ortho intramolecular Hbond substituents is 2. The lowest BCUT2D eigenvalue weighted by Gasteiger charge is -2.20. The zero-order chi connectivity index (χ0) is 16.0. The van der Waals surface area contributed by atoms with E-state index in [1.54, 1.807) is 12.1 Å². The van der Waals surface area contributed by atoms with Crippen molar-refractivity contribution < 1.29 is 32.7 Å². The highest BCUT2D eigenvalue weighted by atomic mass is 32.2. The molecule has 22 heavy (non-hydrogen) atoms. The number of hydrogen-bond acceptors (Lipinski definition) is 7. The van der Waals surface area contributed by atoms with Gasteiger partial charge in [-0.2, -0.15) is 0 Å². The number of hydrogen-bond donors (Lipinski definition) is 2. The number of carbonyl (C=O) groups excluding carboxylic acids is 2. The third-order valence-corrected chi connectivity index (χ3v) is 3.60. The van der Waals surface area contributed by atoms with Crippen LogP contribution >= 0.6 is 0 Å². The molecule has 3 rings (SSSR count). The Morgan fingerprint density at radius 3 is 2.14 bits per heavy atom. The quantitative estimate of drug-likeness (QED) is 0.534. The van der Waals surface area contributed by atoms with Crippen LogP contribution in [0.25, 0.3) is 0 Å². The second kappa shape index (κ2) is 4.93. The van der Waals surface area contributed by atoms with E-state index in [-0.39, 0.29) is 22.3 Å². The normalized spacial score (nSPS) is 14.2. The van der Waals surface area contributed by atoms with E-state index in [0.29, 0.717) is 0 Å². The number of phenols is 2. The Hall–Kier alpha value is -2.71. The first-order valence-corrected chi connectivity index (χ1v) is 6.96. The summed E-state index contributed by atoms with van der Waals surface area (Å²) in [6.07, 6.45) is 0. The highest BCUT2D eigenvalue weighted by Gasteiger charge is 2.34. The van der Waals surface area contributed by atoms with Gasteiger partial charge < -0.3 is 18.9 Å². The molecule has 0 bridgehead atoms. The molecule has 0 aliphatic heterocycles. The number of fused-ring (bicyclic) bond motifs is 2. The first-order valence-electron chi connectivity index (χ1n) is 5.96. The van der Waals surface area contributed by atoms with Crippen molar-refractivity contribution in [2.45, 2.75) is 0 Å². The lowest BCUT2D eigenvalue weighted by atomic mass is 9.83. The van der Waals surface area contributed by atoms with E-state index in [9.17, 15) is 28.6 Å². The van der Waals surface area contributed by atoms with Gasteiger partial charge in [0.25, 0.3) is 0 Å². The molecule has 0 spiro atoms. The zero-order valence-electron chi connectivity index (χ0n) is 10.7. The molecule has 1 unspecified atom stereocenters. The molecule has 0 radical (unpaired) electrons. The molecule has 112 valence electrons. The zero-order valence-corrected chi connectivity index (χ0v) is 11.5. The molecule has 0 fully saturated rings. The standard InChI is InChI=1S/C14H8O7S/c15-11-6-3-1-2-4-7(6)12(16)10-8(11)5-9(21-22(19)20)13(17)14(10)18/h1-5,17-18H,(H,19,20)/p-1. The van der Waals surface area contributed by atoms with Crippen LogP contribution in [0.3, 0.4) is 0 Å². The molecule has 7 nitrogen and oxygen atoms in total. The number of carbonyl (C=O) groups is 2. The Kier molecular flexibility index (Phi) is 3.19. The molecule has 2 aromatic carbocycles. The van der Waals surface area contributed by atoms with Crippen LogP contribution in [0.15, 0.2) is 30.3 Å². The third-order valence-electron chi connectivity index (χ3n) is 3.29. The number of rotatable bonds is 2. The van der Waals surface area contributed by atoms with Crippen LogP contribution in [0.5, 0.6) is 17.2 Å². The fourth-order valence-electron chi connectivity index (χ4n) is 2.34. The maximum Gasteiger partial charge on any atom is 0.203 e. The third kappa shape index (κ3) is 1.97. The highest BCUT2D eigenvalue weighted by Crippen LogP contribution is 2.44. The predicted octanol–water partition coefficient (Wildman–Crippen LogP) is 1.05. The Balaban J connectivity index is 2.29. The van der Waals surface area contributed by atoms with Crippen LogP contribution in [0, 0.1) is 0 Å². The largest absolute Gasteiger partial charge is 0.740 e. The summed E-state index contributed by atoms with van der Waals surface area (Å²) in [5.74, 6) is -3.69. The molecule has 2 N–H and O–H groups in total. The van der Waals surface area contributed by atoms with Crippen molar-refractivity contribution >= 4 is 22.9 Å². The van der Waals surface area contributed by atoms with E-state index >= 15 is 0 Å². The fourth-order valence-corrected chi connectivity index (χ4v) is 2.61. The van der Waals surface area contributed by atoms with Gasteiger partial charge in [-0.25, -0.2) is 4.21 Å². The van der Waals surface area contributed by atoms with Gasteiger partial charge in [0, 0.05) is 16.7 Å². The molecule has 1 aliphatic rings. The summed E-state index contributed by atoms with van der Waals surface area (Å²) in [6, 6.07) is 6.90. The van der Waals surface area contributed by atoms with Crippen LogP contribution < -0.4 is 4.18 Å². The smallest absolute Gasteiger partial charge is 0.203 e. The van der Waals surface area contributed by atoms with Crippen LogP contribution in [-0.4, -0.2) is 30.5 Å². The van der Waals surface area contributed by atoms with E-state index in [2.05, 4.69) is 4.18 Å². The van der Waals surface area contributed by atoms with Gasteiger partial charge in [0.2, 0.25) is 5.75 Å². The Morgan fingerprint density at radius 2 is 1.55 bits per heavy atom. The van der Waals surface area contributed by atoms with Crippen molar-refractivity contribution in [3.8, 4) is 17.2 Å². The van der Waals surface area contributed by atoms with E-state index in [1.807, 2.05) is 0 Å². The molecular weight excluding hydrogens is 312 g/mol. The molecule has 0 aromatic heterocycles. The van der Waals surface area contributed by atoms with Gasteiger partial charge in [-0.1, -0.05) is 24.3 Å². The molecular formula is C14H7O7S-. The minimum absolute atomic E-state index is 0.0933. The van der Waals surface area contributed by atoms with E-state index in [4.69, 9.17) is 0 Å². The monoisotopic (exact) mass is 319 g/mol. The molecule has 0 heterocycles. The Morgan fingerprint density at radius 1 is 0.955 bits per heavy atom. The van der Waals surface area contributed by atoms with Crippen LogP contribution in [-0.2, 0) is 11.4 Å². The molecule has 0 amide bonds. The second-order valence-corrected chi connectivity index (χ2v) is 5.06. The van der Waals surface area contributed by atoms with Crippen molar-refractivity contribution in [3.05, 3.63) is 52.6 Å². The summed E-state index contributed by atoms with van der Waals surface area (Å²) >= 11 is -3.02. The first-order chi connectivity index (χ1) is 10.4. The SMILES string of the molecule is O=C1c2ccccc2C(=O)c2c1cc(OS(=O)[O-])c(O)c2O. The summed E-state index contributed by atoms with van der Waals surface area (Å²) in [5, 5.41) is 19.7. The van der Waals surface area contributed by atoms with Crippen LogP contribution in [0.1, 0.15) is 31.8 Å². The van der Waals surface area contributed by atoms with Gasteiger partial charge in [0.1, 0.15) is 11.4 Å². The average Bonchev–Trinajstić information content (AvgIpc) is 2.49. The van der Waals surface area contributed by atoms with Gasteiger partial charge >= 0.3 is 0 Å². The molecule has 1 aliphatic carbocycles. The van der Waals surface area contributed by atoms with Gasteiger partial charge in [0.05, 0.1) is 5.56 Å². The molecule has 1 atom stereocenters. The van der Waals surface area contributed by atoms with Gasteiger partial charge in [0.15, 0.2) is 23.1 Å². The van der Waals surface area contributed by atoms with Crippen molar-refractivity contribution in [1.29, 1.82) is 0 Å². The lowest BCUT2D eigenvalue weighted by molar-refractivity contribution is 0.0976. The average molecular weight is 319 g/mol. The summed E-state index contributed by atoms with van der Waals surface area (Å²) < 4.78 is 25.5. The number of ketones is 2. The maximum atomic E-state index is 12.4. The predicted molar refractivity (Wildman–Crippen MR) is 72.6 cm³/mol. The lowest BCUT2D eigenvalue weighted by Crippen LogP contribution is -2.21. The van der Waals surface area contributed by atoms with Crippen molar-refractivity contribution in [2.75, 3.05) is 0 Å². The van der Waals surface area contributed by atoms with Crippen LogP contribution in [0.4, 0.5) is 0 Å². The maximum absolute atomic E-state index is 12.4. The first kappa shape index (κ1) is 14.2. The Bertz CT molecular complexity index is 857. The number of aromatic hydroxyl groups is 2. The van der Waals surface area contributed by atoms with Crippen LogP contribution in [0.2, 0.25) is 0 Å². The van der Waals surface area contributed by atoms with Gasteiger partial charge in [-0.05, 0) is 6.07 Å². The van der Waals surface area contributed by atoms with Crippen molar-refractivity contribution in [2.24, 2.45) is 0 Å². The fraction of sp³-hybridized carbons (Fsp3) is 0. The van der Waals surface area contributed by atoms with Crippen molar-refractivity contribution in [1.82, 2.24) is 0 Å².